The summed E-state index contributed by atoms with van der Waals surface area (Å²) < 4.78 is 0. The summed E-state index contributed by atoms with van der Waals surface area (Å²) in [7, 11) is 0. The van der Waals surface area contributed by atoms with E-state index in [1.807, 2.05) is 0 Å². The zero-order valence-corrected chi connectivity index (χ0v) is 19.2. The lowest BCUT2D eigenvalue weighted by Gasteiger charge is -2.11. The van der Waals surface area contributed by atoms with Crippen molar-refractivity contribution in [3.05, 3.63) is 0 Å². The molecule has 0 aliphatic rings. The summed E-state index contributed by atoms with van der Waals surface area (Å²) in [5, 5.41) is 22.7. The van der Waals surface area contributed by atoms with Crippen LogP contribution in [0.15, 0.2) is 0 Å². The normalized spacial score (nSPS) is 12.7. The van der Waals surface area contributed by atoms with Gasteiger partial charge in [-0.25, -0.2) is 0 Å². The zero-order valence-electron chi connectivity index (χ0n) is 19.2. The Hall–Kier alpha value is -2.20. The number of unbranched alkanes of at least 4 members (excludes halogenated alkanes) is 9. The van der Waals surface area contributed by atoms with Gasteiger partial charge in [-0.05, 0) is 25.7 Å². The number of aliphatic carboxylic acids is 2. The number of rotatable bonds is 21. The number of nitrogens with one attached hydrogen (secondary N) is 2. The molecule has 0 rings (SSSR count). The first-order valence-electron chi connectivity index (χ1n) is 11.7. The molecule has 0 heterocycles. The van der Waals surface area contributed by atoms with Crippen LogP contribution in [0.1, 0.15) is 89.9 Å². The van der Waals surface area contributed by atoms with Crippen molar-refractivity contribution in [2.45, 2.75) is 102 Å². The van der Waals surface area contributed by atoms with Gasteiger partial charge in [-0.2, -0.15) is 0 Å². The first kappa shape index (κ1) is 29.8. The summed E-state index contributed by atoms with van der Waals surface area (Å²) in [4.78, 5) is 44.3. The van der Waals surface area contributed by atoms with Crippen molar-refractivity contribution in [3.8, 4) is 0 Å². The molecule has 186 valence electrons. The molecule has 0 aliphatic carbocycles. The molecule has 2 atom stereocenters. The van der Waals surface area contributed by atoms with Crippen LogP contribution in [0.4, 0.5) is 0 Å². The minimum absolute atomic E-state index is 0.101. The van der Waals surface area contributed by atoms with Crippen molar-refractivity contribution in [3.63, 3.8) is 0 Å². The average molecular weight is 459 g/mol. The Morgan fingerprint density at radius 3 is 1.12 bits per heavy atom. The highest BCUT2D eigenvalue weighted by Gasteiger charge is 2.14. The van der Waals surface area contributed by atoms with Gasteiger partial charge >= 0.3 is 11.9 Å². The average Bonchev–Trinajstić information content (AvgIpc) is 2.75. The van der Waals surface area contributed by atoms with Gasteiger partial charge in [0.15, 0.2) is 0 Å². The maximum Gasteiger partial charge on any atom is 0.303 e. The van der Waals surface area contributed by atoms with Gasteiger partial charge in [0, 0.05) is 25.9 Å². The van der Waals surface area contributed by atoms with Crippen molar-refractivity contribution in [1.29, 1.82) is 0 Å². The molecule has 10 heteroatoms. The van der Waals surface area contributed by atoms with Crippen LogP contribution in [0.3, 0.4) is 0 Å². The largest absolute Gasteiger partial charge is 0.481 e. The number of hydrogen-bond acceptors (Lipinski definition) is 6. The number of nitrogens with two attached hydrogens (primary N) is 2. The molecule has 0 aromatic rings. The third-order valence-corrected chi connectivity index (χ3v) is 5.21. The first-order valence-corrected chi connectivity index (χ1v) is 11.7. The SMILES string of the molecule is N[C@@H](CCC(=O)O)C(=O)NCCCCCCCCCCCCNC(=O)[C@@H](N)CCC(=O)O. The van der Waals surface area contributed by atoms with E-state index in [-0.39, 0.29) is 37.5 Å². The highest BCUT2D eigenvalue weighted by molar-refractivity contribution is 5.82. The summed E-state index contributed by atoms with van der Waals surface area (Å²) in [5.74, 6) is -2.47. The van der Waals surface area contributed by atoms with Crippen LogP contribution < -0.4 is 22.1 Å². The fourth-order valence-corrected chi connectivity index (χ4v) is 3.17. The van der Waals surface area contributed by atoms with E-state index in [9.17, 15) is 19.2 Å². The molecule has 32 heavy (non-hydrogen) atoms. The number of carboxylic acid groups (broad SMARTS) is 2. The molecule has 0 saturated heterocycles. The zero-order chi connectivity index (χ0) is 24.2. The Morgan fingerprint density at radius 1 is 0.562 bits per heavy atom. The maximum atomic E-state index is 11.7. The van der Waals surface area contributed by atoms with Crippen LogP contribution in [0.25, 0.3) is 0 Å². The topological polar surface area (TPSA) is 185 Å². The summed E-state index contributed by atoms with van der Waals surface area (Å²) in [6, 6.07) is -1.52. The Bertz CT molecular complexity index is 511. The summed E-state index contributed by atoms with van der Waals surface area (Å²) in [6.07, 6.45) is 10.9. The Kier molecular flexibility index (Phi) is 18.1. The quantitative estimate of drug-likeness (QED) is 0.140. The van der Waals surface area contributed by atoms with E-state index < -0.39 is 24.0 Å². The molecule has 8 N–H and O–H groups in total. The van der Waals surface area contributed by atoms with E-state index in [1.165, 1.54) is 12.8 Å². The van der Waals surface area contributed by atoms with E-state index in [4.69, 9.17) is 21.7 Å². The predicted molar refractivity (Wildman–Crippen MR) is 122 cm³/mol. The van der Waals surface area contributed by atoms with Gasteiger partial charge in [0.25, 0.3) is 0 Å². The molecule has 0 aliphatic heterocycles. The van der Waals surface area contributed by atoms with Gasteiger partial charge in [-0.15, -0.1) is 0 Å². The van der Waals surface area contributed by atoms with Crippen LogP contribution in [-0.4, -0.2) is 59.1 Å². The van der Waals surface area contributed by atoms with E-state index >= 15 is 0 Å². The second-order valence-electron chi connectivity index (χ2n) is 8.20. The van der Waals surface area contributed by atoms with Crippen LogP contribution in [0.2, 0.25) is 0 Å². The molecule has 2 amide bonds. The lowest BCUT2D eigenvalue weighted by molar-refractivity contribution is -0.138. The number of carboxylic acids is 2. The molecule has 0 unspecified atom stereocenters. The molecule has 0 bridgehead atoms. The Balaban J connectivity index is 3.39. The van der Waals surface area contributed by atoms with E-state index in [1.54, 1.807) is 0 Å². The third-order valence-electron chi connectivity index (χ3n) is 5.21. The first-order chi connectivity index (χ1) is 15.2. The van der Waals surface area contributed by atoms with Crippen LogP contribution in [0, 0.1) is 0 Å². The fourth-order valence-electron chi connectivity index (χ4n) is 3.17. The second kappa shape index (κ2) is 19.5. The minimum atomic E-state index is -0.950. The molecular formula is C22H42N4O6. The molecule has 0 saturated carbocycles. The van der Waals surface area contributed by atoms with Crippen LogP contribution in [-0.2, 0) is 19.2 Å². The van der Waals surface area contributed by atoms with Gasteiger partial charge in [0.05, 0.1) is 12.1 Å². The van der Waals surface area contributed by atoms with Crippen molar-refractivity contribution in [2.75, 3.05) is 13.1 Å². The summed E-state index contributed by atoms with van der Waals surface area (Å²) in [6.45, 7) is 1.14. The molecule has 0 aromatic carbocycles. The standard InChI is InChI=1S/C22H42N4O6/c23-17(11-13-19(27)28)21(31)25-15-9-7-5-3-1-2-4-6-8-10-16-26-22(32)18(24)12-14-20(29)30/h17-18H,1-16,23-24H2,(H,25,31)(H,26,32)(H,27,28)(H,29,30)/t17-,18-/m0/s1. The smallest absolute Gasteiger partial charge is 0.303 e. The van der Waals surface area contributed by atoms with E-state index in [0.29, 0.717) is 13.1 Å². The third kappa shape index (κ3) is 18.6. The van der Waals surface area contributed by atoms with Crippen molar-refractivity contribution >= 4 is 23.8 Å². The Morgan fingerprint density at radius 2 is 0.844 bits per heavy atom. The van der Waals surface area contributed by atoms with Crippen molar-refractivity contribution < 1.29 is 29.4 Å². The summed E-state index contributed by atoms with van der Waals surface area (Å²) >= 11 is 0. The van der Waals surface area contributed by atoms with Gasteiger partial charge in [-0.3, -0.25) is 19.2 Å². The highest BCUT2D eigenvalue weighted by atomic mass is 16.4. The molecule has 0 aromatic heterocycles. The van der Waals surface area contributed by atoms with Crippen LogP contribution >= 0.6 is 0 Å². The van der Waals surface area contributed by atoms with Crippen LogP contribution in [0.5, 0.6) is 0 Å². The molecule has 10 nitrogen and oxygen atoms in total. The molecule has 0 radical (unpaired) electrons. The predicted octanol–water partition coefficient (Wildman–Crippen LogP) is 1.50. The Labute approximate surface area is 190 Å². The van der Waals surface area contributed by atoms with Crippen molar-refractivity contribution in [1.82, 2.24) is 10.6 Å². The van der Waals surface area contributed by atoms with E-state index in [2.05, 4.69) is 10.6 Å². The fraction of sp³-hybridized carbons (Fsp3) is 0.818. The number of amides is 2. The summed E-state index contributed by atoms with van der Waals surface area (Å²) in [5.41, 5.74) is 11.3. The van der Waals surface area contributed by atoms with Gasteiger partial charge in [0.1, 0.15) is 0 Å². The minimum Gasteiger partial charge on any atom is -0.481 e. The number of hydrogen-bond donors (Lipinski definition) is 6. The highest BCUT2D eigenvalue weighted by Crippen LogP contribution is 2.10. The second-order valence-corrected chi connectivity index (χ2v) is 8.20. The number of carbonyl (C=O) groups excluding carboxylic acids is 2. The molecule has 0 fully saturated rings. The number of carbonyl (C=O) groups is 4. The van der Waals surface area contributed by atoms with E-state index in [0.717, 1.165) is 51.4 Å². The van der Waals surface area contributed by atoms with Gasteiger partial charge < -0.3 is 32.3 Å². The monoisotopic (exact) mass is 458 g/mol. The lowest BCUT2D eigenvalue weighted by atomic mass is 10.1. The van der Waals surface area contributed by atoms with Gasteiger partial charge in [-0.1, -0.05) is 51.4 Å². The van der Waals surface area contributed by atoms with Gasteiger partial charge in [0.2, 0.25) is 11.8 Å². The maximum absolute atomic E-state index is 11.7. The van der Waals surface area contributed by atoms with Crippen molar-refractivity contribution in [2.24, 2.45) is 11.5 Å². The molecular weight excluding hydrogens is 416 g/mol. The molecule has 0 spiro atoms. The lowest BCUT2D eigenvalue weighted by Crippen LogP contribution is -2.41.